The van der Waals surface area contributed by atoms with Gasteiger partial charge in [-0.05, 0) is 54.3 Å². The highest BCUT2D eigenvalue weighted by Crippen LogP contribution is 2.27. The second-order valence-corrected chi connectivity index (χ2v) is 9.01. The molecule has 0 bridgehead atoms. The van der Waals surface area contributed by atoms with E-state index in [1.807, 2.05) is 49.4 Å². The van der Waals surface area contributed by atoms with Gasteiger partial charge in [0.25, 0.3) is 15.9 Å². The van der Waals surface area contributed by atoms with E-state index in [4.69, 9.17) is 4.74 Å². The first-order valence-corrected chi connectivity index (χ1v) is 11.9. The van der Waals surface area contributed by atoms with Crippen molar-refractivity contribution >= 4 is 38.2 Å². The van der Waals surface area contributed by atoms with Crippen LogP contribution in [0.4, 0.5) is 11.5 Å². The first-order valence-electron chi connectivity index (χ1n) is 10.5. The topological polar surface area (TPSA) is 97.4 Å². The quantitative estimate of drug-likeness (QED) is 0.392. The van der Waals surface area contributed by atoms with Crippen LogP contribution in [0.2, 0.25) is 0 Å². The van der Waals surface area contributed by atoms with Crippen molar-refractivity contribution in [2.24, 2.45) is 0 Å². The third-order valence-electron chi connectivity index (χ3n) is 5.02. The fourth-order valence-electron chi connectivity index (χ4n) is 3.33. The normalized spacial score (nSPS) is 12.2. The second kappa shape index (κ2) is 9.70. The molecule has 4 aromatic rings. The van der Waals surface area contributed by atoms with Crippen LogP contribution in [0.3, 0.4) is 0 Å². The number of fused-ring (bicyclic) bond motifs is 1. The highest BCUT2D eigenvalue weighted by Gasteiger charge is 2.20. The molecule has 168 valence electrons. The predicted octanol–water partition coefficient (Wildman–Crippen LogP) is 4.83. The molecule has 0 radical (unpaired) electrons. The Morgan fingerprint density at radius 3 is 2.39 bits per heavy atom. The Kier molecular flexibility index (Phi) is 6.55. The minimum absolute atomic E-state index is 0.0604. The molecular formula is C25H23N3O4S. The molecule has 0 unspecified atom stereocenters. The molecule has 3 aromatic carbocycles. The number of sulfonamides is 1. The van der Waals surface area contributed by atoms with Gasteiger partial charge in [0.2, 0.25) is 0 Å². The van der Waals surface area contributed by atoms with E-state index in [0.29, 0.717) is 17.9 Å². The largest absolute Gasteiger partial charge is 0.480 e. The molecule has 1 heterocycles. The summed E-state index contributed by atoms with van der Waals surface area (Å²) in [6, 6.07) is 24.4. The standard InChI is InChI=1S/C25H23N3O4S/c1-2-22(32-23-11-7-9-18-8-3-4-10-21(18)23)25(29)27-19-13-15-20(16-14-19)33(30,31)28-24-12-5-6-17-26-24/h3-17,22H,2H2,1H3,(H,26,28)(H,27,29)/t22-/m1/s1. The van der Waals surface area contributed by atoms with Gasteiger partial charge in [0, 0.05) is 17.3 Å². The van der Waals surface area contributed by atoms with Gasteiger partial charge in [0.1, 0.15) is 11.6 Å². The van der Waals surface area contributed by atoms with E-state index in [-0.39, 0.29) is 16.6 Å². The van der Waals surface area contributed by atoms with Gasteiger partial charge in [-0.25, -0.2) is 13.4 Å². The molecule has 0 aliphatic rings. The van der Waals surface area contributed by atoms with Gasteiger partial charge in [-0.2, -0.15) is 0 Å². The van der Waals surface area contributed by atoms with E-state index in [2.05, 4.69) is 15.0 Å². The number of aromatic nitrogens is 1. The van der Waals surface area contributed by atoms with Crippen LogP contribution in [-0.4, -0.2) is 25.4 Å². The molecule has 0 spiro atoms. The van der Waals surface area contributed by atoms with Gasteiger partial charge in [0.15, 0.2) is 6.10 Å². The van der Waals surface area contributed by atoms with Gasteiger partial charge in [-0.1, -0.05) is 49.4 Å². The lowest BCUT2D eigenvalue weighted by Gasteiger charge is -2.18. The van der Waals surface area contributed by atoms with E-state index >= 15 is 0 Å². The minimum Gasteiger partial charge on any atom is -0.480 e. The molecular weight excluding hydrogens is 438 g/mol. The molecule has 1 aromatic heterocycles. The Morgan fingerprint density at radius 2 is 1.67 bits per heavy atom. The van der Waals surface area contributed by atoms with Crippen LogP contribution < -0.4 is 14.8 Å². The van der Waals surface area contributed by atoms with Crippen LogP contribution in [0.5, 0.6) is 5.75 Å². The summed E-state index contributed by atoms with van der Waals surface area (Å²) in [5.41, 5.74) is 0.469. The molecule has 0 saturated carbocycles. The van der Waals surface area contributed by atoms with Crippen LogP contribution >= 0.6 is 0 Å². The number of hydrogen-bond acceptors (Lipinski definition) is 5. The predicted molar refractivity (Wildman–Crippen MR) is 129 cm³/mol. The van der Waals surface area contributed by atoms with E-state index < -0.39 is 16.1 Å². The van der Waals surface area contributed by atoms with Crippen LogP contribution in [-0.2, 0) is 14.8 Å². The number of amides is 1. The van der Waals surface area contributed by atoms with E-state index in [1.54, 1.807) is 18.2 Å². The summed E-state index contributed by atoms with van der Waals surface area (Å²) in [5, 5.41) is 4.76. The molecule has 1 amide bonds. The van der Waals surface area contributed by atoms with Crippen molar-refractivity contribution < 1.29 is 17.9 Å². The molecule has 0 fully saturated rings. The zero-order chi connectivity index (χ0) is 23.3. The lowest BCUT2D eigenvalue weighted by Crippen LogP contribution is -2.32. The summed E-state index contributed by atoms with van der Waals surface area (Å²) >= 11 is 0. The zero-order valence-corrected chi connectivity index (χ0v) is 18.7. The molecule has 0 aliphatic carbocycles. The number of nitrogens with one attached hydrogen (secondary N) is 2. The molecule has 8 heteroatoms. The fourth-order valence-corrected chi connectivity index (χ4v) is 4.34. The maximum atomic E-state index is 12.8. The van der Waals surface area contributed by atoms with Crippen molar-refractivity contribution in [3.8, 4) is 5.75 Å². The summed E-state index contributed by atoms with van der Waals surface area (Å²) in [6.45, 7) is 1.87. The van der Waals surface area contributed by atoms with Crippen molar-refractivity contribution in [1.82, 2.24) is 4.98 Å². The number of anilines is 2. The van der Waals surface area contributed by atoms with Crippen molar-refractivity contribution in [3.63, 3.8) is 0 Å². The molecule has 0 aliphatic heterocycles. The average molecular weight is 462 g/mol. The third-order valence-corrected chi connectivity index (χ3v) is 6.39. The SMILES string of the molecule is CC[C@@H](Oc1cccc2ccccc12)C(=O)Nc1ccc(S(=O)(=O)Nc2ccccn2)cc1. The van der Waals surface area contributed by atoms with Crippen molar-refractivity contribution in [2.45, 2.75) is 24.3 Å². The summed E-state index contributed by atoms with van der Waals surface area (Å²) < 4.78 is 33.5. The maximum absolute atomic E-state index is 12.8. The molecule has 7 nitrogen and oxygen atoms in total. The molecule has 1 atom stereocenters. The summed E-state index contributed by atoms with van der Waals surface area (Å²) in [4.78, 5) is 16.9. The van der Waals surface area contributed by atoms with Crippen molar-refractivity contribution in [1.29, 1.82) is 0 Å². The second-order valence-electron chi connectivity index (χ2n) is 7.33. The summed E-state index contributed by atoms with van der Waals surface area (Å²) in [7, 11) is -3.79. The Bertz CT molecular complexity index is 1350. The zero-order valence-electron chi connectivity index (χ0n) is 17.9. The number of carbonyl (C=O) groups excluding carboxylic acids is 1. The summed E-state index contributed by atoms with van der Waals surface area (Å²) in [5.74, 6) is 0.552. The molecule has 33 heavy (non-hydrogen) atoms. The first kappa shape index (κ1) is 22.3. The third kappa shape index (κ3) is 5.30. The number of ether oxygens (including phenoxy) is 1. The highest BCUT2D eigenvalue weighted by molar-refractivity contribution is 7.92. The molecule has 4 rings (SSSR count). The summed E-state index contributed by atoms with van der Waals surface area (Å²) in [6.07, 6.45) is 1.27. The maximum Gasteiger partial charge on any atom is 0.265 e. The number of pyridine rings is 1. The van der Waals surface area contributed by atoms with Gasteiger partial charge >= 0.3 is 0 Å². The van der Waals surface area contributed by atoms with Crippen LogP contribution in [0.25, 0.3) is 10.8 Å². The Hall–Kier alpha value is -3.91. The first-order chi connectivity index (χ1) is 16.0. The van der Waals surface area contributed by atoms with Crippen LogP contribution in [0, 0.1) is 0 Å². The van der Waals surface area contributed by atoms with E-state index in [0.717, 1.165) is 10.8 Å². The average Bonchev–Trinajstić information content (AvgIpc) is 2.83. The Balaban J connectivity index is 1.45. The number of benzene rings is 3. The number of carbonyl (C=O) groups is 1. The van der Waals surface area contributed by atoms with Crippen molar-refractivity contribution in [2.75, 3.05) is 10.0 Å². The Labute approximate surface area is 192 Å². The smallest absolute Gasteiger partial charge is 0.265 e. The Morgan fingerprint density at radius 1 is 0.939 bits per heavy atom. The minimum atomic E-state index is -3.79. The van der Waals surface area contributed by atoms with Crippen LogP contribution in [0.15, 0.2) is 96.0 Å². The number of rotatable bonds is 8. The molecule has 2 N–H and O–H groups in total. The van der Waals surface area contributed by atoms with E-state index in [1.165, 1.54) is 30.5 Å². The van der Waals surface area contributed by atoms with E-state index in [9.17, 15) is 13.2 Å². The number of hydrogen-bond donors (Lipinski definition) is 2. The monoisotopic (exact) mass is 461 g/mol. The van der Waals surface area contributed by atoms with Gasteiger partial charge in [-0.3, -0.25) is 9.52 Å². The fraction of sp³-hybridized carbons (Fsp3) is 0.120. The van der Waals surface area contributed by atoms with Gasteiger partial charge in [0.05, 0.1) is 4.90 Å². The lowest BCUT2D eigenvalue weighted by molar-refractivity contribution is -0.122. The van der Waals surface area contributed by atoms with Crippen LogP contribution in [0.1, 0.15) is 13.3 Å². The van der Waals surface area contributed by atoms with Gasteiger partial charge in [-0.15, -0.1) is 0 Å². The highest BCUT2D eigenvalue weighted by atomic mass is 32.2. The lowest BCUT2D eigenvalue weighted by atomic mass is 10.1. The number of nitrogens with zero attached hydrogens (tertiary/aromatic N) is 1. The molecule has 0 saturated heterocycles. The van der Waals surface area contributed by atoms with Crippen molar-refractivity contribution in [3.05, 3.63) is 91.1 Å². The van der Waals surface area contributed by atoms with Gasteiger partial charge < -0.3 is 10.1 Å².